The standard InChI is InChI=1S/C13H21.15CO.3Cr.H7P4.Rh/c1-12(2,3)10-7-8-11(9-10)13(4,5)6;15*1-2;;;;1-2-4-3-1;/h7-9H,1-6H3;;;;;;;;;;;;;;;;;;;1H,2-4H2;/q-1;;;;;;;;;;;;;;;;;;;+3;. The van der Waals surface area contributed by atoms with Crippen LogP contribution < -0.4 is 0 Å². The van der Waals surface area contributed by atoms with Crippen LogP contribution in [0.2, 0.25) is 0 Å². The van der Waals surface area contributed by atoms with E-state index in [1.165, 1.54) is 19.1 Å². The van der Waals surface area contributed by atoms with Crippen molar-refractivity contribution in [3.63, 3.8) is 0 Å². The van der Waals surface area contributed by atoms with Crippen LogP contribution in [0.1, 0.15) is 52.7 Å². The summed E-state index contributed by atoms with van der Waals surface area (Å²) in [6.07, 6.45) is 0. The zero-order valence-corrected chi connectivity index (χ0v) is 37.1. The molecule has 2 rings (SSSR count). The minimum atomic E-state index is 0. The van der Waals surface area contributed by atoms with Gasteiger partial charge < -0.3 is 0 Å². The van der Waals surface area contributed by atoms with E-state index >= 15 is 0 Å². The summed E-state index contributed by atoms with van der Waals surface area (Å²) >= 11 is 0. The molecule has 0 spiro atoms. The summed E-state index contributed by atoms with van der Waals surface area (Å²) < 4.78 is 112. The van der Waals surface area contributed by atoms with Gasteiger partial charge in [-0.25, -0.2) is 6.07 Å². The maximum Gasteiger partial charge on any atom is 0 e. The molecule has 1 fully saturated rings. The fraction of sp³-hybridized carbons (Fsp3) is 0.286. The molecule has 1 aliphatic heterocycles. The largest absolute Gasteiger partial charge is 0 e. The Morgan fingerprint density at radius 1 is 0.451 bits per heavy atom. The number of rotatable bonds is 0. The van der Waals surface area contributed by atoms with Crippen molar-refractivity contribution in [1.82, 2.24) is 0 Å². The van der Waals surface area contributed by atoms with Gasteiger partial charge in [0, 0.05) is 71.6 Å². The van der Waals surface area contributed by atoms with Gasteiger partial charge in [0.1, 0.15) is 0 Å². The van der Waals surface area contributed by atoms with Gasteiger partial charge >= 0.3 is 170 Å². The van der Waals surface area contributed by atoms with E-state index in [4.69, 9.17) is 69.8 Å². The van der Waals surface area contributed by atoms with E-state index in [9.17, 15) is 0 Å². The molecule has 1 heterocycles. The maximum atomic E-state index is 7.50. The smallest absolute Gasteiger partial charge is 0 e. The van der Waals surface area contributed by atoms with Crippen LogP contribution in [0.4, 0.5) is 0 Å². The zero-order chi connectivity index (χ0) is 43.1. The monoisotopic (exact) mass is 987 g/mol. The normalized spacial score (nSPS) is 7.76. The average Bonchev–Trinajstić information content (AvgIpc) is 3.70. The van der Waals surface area contributed by atoms with Crippen LogP contribution in [0.25, 0.3) is 0 Å². The van der Waals surface area contributed by atoms with Crippen LogP contribution in [0, 0.1) is 99.8 Å². The molecule has 1 aromatic carbocycles. The topological polar surface area (TPSA) is 298 Å². The third-order valence-corrected chi connectivity index (χ3v) is 33.7. The molecule has 0 aromatic heterocycles. The molecule has 2 atom stereocenters. The molecule has 1 radical (unpaired) electrons. The van der Waals surface area contributed by atoms with Gasteiger partial charge in [-0.1, -0.05) is 52.4 Å². The van der Waals surface area contributed by atoms with Crippen molar-refractivity contribution < 1.29 is 141 Å². The third kappa shape index (κ3) is 186. The van der Waals surface area contributed by atoms with E-state index in [1.807, 2.05) is 0 Å². The van der Waals surface area contributed by atoms with Gasteiger partial charge in [0.15, 0.2) is 15.9 Å². The second-order valence-electron chi connectivity index (χ2n) is 6.58. The molecule has 0 N–H and O–H groups in total. The average molecular weight is 987 g/mol. The van der Waals surface area contributed by atoms with Crippen molar-refractivity contribution in [3.8, 4) is 0 Å². The molecule has 0 amide bonds. The zero-order valence-electron chi connectivity index (χ0n) is 27.1. The molecule has 1 aliphatic rings. The molecule has 0 bridgehead atoms. The Balaban J connectivity index is -0.0000000138. The van der Waals surface area contributed by atoms with Crippen LogP contribution in [0.5, 0.6) is 0 Å². The fourth-order valence-corrected chi connectivity index (χ4v) is 9.17. The molecule has 23 heteroatoms. The molecule has 0 saturated carbocycles. The van der Waals surface area contributed by atoms with Crippen molar-refractivity contribution in [3.05, 3.63) is 129 Å². The van der Waals surface area contributed by atoms with Crippen LogP contribution in [0.15, 0.2) is 18.2 Å². The van der Waals surface area contributed by atoms with Crippen LogP contribution >= 0.6 is 31.8 Å². The SMILES string of the molecule is CC(C)(C)c1cc[c-](C(C)(C)C)c1.P1[PH2+][PH2+][PH2+]1.[C-]#[O+].[C-]#[O+].[C-]#[O+].[C-]#[O+].[C-]#[O+].[C-]#[O+].[C-]#[O+].[C-]#[O+].[C-]#[O+].[C-]#[O+].[C-]#[O+].[C-]#[O+].[C-]#[O+].[C-]#[O+].[C-]#[O+].[Cr].[Cr].[Cr].[Rh]. The summed E-state index contributed by atoms with van der Waals surface area (Å²) in [7, 11) is 4.89. The van der Waals surface area contributed by atoms with Gasteiger partial charge in [0.2, 0.25) is 7.96 Å². The molecular formula is C28H28Cr3O15P4Rh+2. The first kappa shape index (κ1) is 125. The van der Waals surface area contributed by atoms with Gasteiger partial charge in [-0.05, 0) is 0 Å². The Hall–Kier alpha value is -0.609. The van der Waals surface area contributed by atoms with Crippen molar-refractivity contribution in [2.75, 3.05) is 0 Å². The molecule has 275 valence electrons. The molecular weight excluding hydrogens is 959 g/mol. The summed E-state index contributed by atoms with van der Waals surface area (Å²) in [6, 6.07) is 6.83. The quantitative estimate of drug-likeness (QED) is 0.144. The Labute approximate surface area is 352 Å². The minimum Gasteiger partial charge on any atom is 0 e. The Morgan fingerprint density at radius 3 is 0.667 bits per heavy atom. The molecule has 1 aromatic rings. The van der Waals surface area contributed by atoms with Crippen molar-refractivity contribution >= 4 is 31.8 Å². The molecule has 2 unspecified atom stereocenters. The summed E-state index contributed by atoms with van der Waals surface area (Å²) in [5, 5.41) is 0. The third-order valence-electron chi connectivity index (χ3n) is 2.87. The van der Waals surface area contributed by atoms with Gasteiger partial charge in [-0.3, -0.25) is 0 Å². The summed E-state index contributed by atoms with van der Waals surface area (Å²) in [5.74, 6) is 0. The predicted molar refractivity (Wildman–Crippen MR) is 156 cm³/mol. The van der Waals surface area contributed by atoms with Gasteiger partial charge in [-0.15, -0.1) is 0 Å². The fourth-order valence-electron chi connectivity index (χ4n) is 1.47. The predicted octanol–water partition coefficient (Wildman–Crippen LogP) is 5.00. The Kier molecular flexibility index (Phi) is 476. The number of hydrogen-bond donors (Lipinski definition) is 0. The van der Waals surface area contributed by atoms with E-state index in [1.54, 1.807) is 0 Å². The first-order valence-corrected chi connectivity index (χ1v) is 19.2. The van der Waals surface area contributed by atoms with Gasteiger partial charge in [0.05, 0.1) is 0 Å². The molecule has 51 heavy (non-hydrogen) atoms. The van der Waals surface area contributed by atoms with Crippen LogP contribution in [-0.2, 0) is 152 Å². The minimum absolute atomic E-state index is 0. The van der Waals surface area contributed by atoms with Gasteiger partial charge in [0.25, 0.3) is 7.96 Å². The maximum absolute atomic E-state index is 7.50. The van der Waals surface area contributed by atoms with Crippen LogP contribution in [-0.4, -0.2) is 0 Å². The number of hydrogen-bond acceptors (Lipinski definition) is 0. The van der Waals surface area contributed by atoms with Gasteiger partial charge in [-0.2, -0.15) is 23.3 Å². The summed E-state index contributed by atoms with van der Waals surface area (Å²) in [6.45, 7) is 81.1. The first-order valence-electron chi connectivity index (χ1n) is 9.29. The summed E-state index contributed by atoms with van der Waals surface area (Å²) in [4.78, 5) is 0. The van der Waals surface area contributed by atoms with E-state index in [2.05, 4.69) is 159 Å². The van der Waals surface area contributed by atoms with E-state index in [0.717, 1.165) is 23.9 Å². The molecule has 15 nitrogen and oxygen atoms in total. The van der Waals surface area contributed by atoms with Crippen molar-refractivity contribution in [2.45, 2.75) is 52.4 Å². The second kappa shape index (κ2) is 194. The molecule has 1 saturated heterocycles. The Bertz CT molecular complexity index is 780. The second-order valence-corrected chi connectivity index (χ2v) is 24.6. The van der Waals surface area contributed by atoms with E-state index < -0.39 is 0 Å². The van der Waals surface area contributed by atoms with Crippen molar-refractivity contribution in [2.24, 2.45) is 0 Å². The Morgan fingerprint density at radius 2 is 0.608 bits per heavy atom. The van der Waals surface area contributed by atoms with Crippen molar-refractivity contribution in [1.29, 1.82) is 0 Å². The van der Waals surface area contributed by atoms with Crippen LogP contribution in [0.3, 0.4) is 0 Å². The molecule has 0 aliphatic carbocycles. The first-order chi connectivity index (χ1) is 22.7. The van der Waals surface area contributed by atoms with E-state index in [0.29, 0.717) is 0 Å². The van der Waals surface area contributed by atoms with E-state index in [-0.39, 0.29) is 82.4 Å². The summed E-state index contributed by atoms with van der Waals surface area (Å²) in [5.41, 5.74) is 3.45.